The molecule has 27 heavy (non-hydrogen) atoms. The van der Waals surface area contributed by atoms with Gasteiger partial charge in [0.05, 0.1) is 23.5 Å². The van der Waals surface area contributed by atoms with Crippen molar-refractivity contribution in [1.82, 2.24) is 30.0 Å². The molecule has 0 radical (unpaired) electrons. The van der Waals surface area contributed by atoms with Crippen molar-refractivity contribution in [1.29, 1.82) is 0 Å². The summed E-state index contributed by atoms with van der Waals surface area (Å²) in [5.74, 6) is 0. The summed E-state index contributed by atoms with van der Waals surface area (Å²) >= 11 is 0. The third-order valence-corrected chi connectivity index (χ3v) is 5.34. The summed E-state index contributed by atoms with van der Waals surface area (Å²) in [5.41, 5.74) is 1.99. The van der Waals surface area contributed by atoms with Crippen LogP contribution in [0.1, 0.15) is 108 Å². The van der Waals surface area contributed by atoms with E-state index in [9.17, 15) is 0 Å². The molecule has 0 bridgehead atoms. The lowest BCUT2D eigenvalue weighted by Crippen LogP contribution is -2.15. The zero-order chi connectivity index (χ0) is 19.5. The molecule has 0 saturated heterocycles. The highest BCUT2D eigenvalue weighted by Crippen LogP contribution is 2.27. The normalized spacial score (nSPS) is 13.8. The standard InChI is InChI=1S/C21H38N6/c1-5-7-8-9-10-11-13-21(27-17-19(4)23-25-27)15-14-20(12-6-2)26-16-18(3)22-24-26/h16-17,20-21H,5-15H2,1-4H3. The Hall–Kier alpha value is -1.72. The van der Waals surface area contributed by atoms with Gasteiger partial charge in [0.15, 0.2) is 0 Å². The molecule has 0 fully saturated rings. The highest BCUT2D eigenvalue weighted by Gasteiger charge is 2.18. The number of aryl methyl sites for hydroxylation is 2. The van der Waals surface area contributed by atoms with Crippen LogP contribution in [-0.4, -0.2) is 30.0 Å². The van der Waals surface area contributed by atoms with Gasteiger partial charge in [0.2, 0.25) is 0 Å². The average Bonchev–Trinajstić information content (AvgIpc) is 3.28. The zero-order valence-electron chi connectivity index (χ0n) is 17.8. The Bertz CT molecular complexity index is 632. The molecule has 2 heterocycles. The monoisotopic (exact) mass is 374 g/mol. The molecule has 0 N–H and O–H groups in total. The summed E-state index contributed by atoms with van der Waals surface area (Å²) in [6.07, 6.45) is 17.9. The van der Waals surface area contributed by atoms with Crippen LogP contribution in [0.2, 0.25) is 0 Å². The summed E-state index contributed by atoms with van der Waals surface area (Å²) in [6.45, 7) is 8.53. The SMILES string of the molecule is CCCCCCCCC(CCC(CCC)n1cc(C)nn1)n1cc(C)nn1. The molecule has 0 aliphatic carbocycles. The molecule has 2 unspecified atom stereocenters. The molecule has 0 aliphatic heterocycles. The second kappa shape index (κ2) is 11.9. The number of unbranched alkanes of at least 4 members (excludes halogenated alkanes) is 5. The van der Waals surface area contributed by atoms with Gasteiger partial charge in [-0.25, -0.2) is 9.36 Å². The van der Waals surface area contributed by atoms with Gasteiger partial charge in [-0.1, -0.05) is 69.2 Å². The molecule has 6 nitrogen and oxygen atoms in total. The van der Waals surface area contributed by atoms with Gasteiger partial charge in [-0.05, 0) is 39.5 Å². The zero-order valence-corrected chi connectivity index (χ0v) is 17.8. The van der Waals surface area contributed by atoms with Gasteiger partial charge in [-0.3, -0.25) is 0 Å². The number of rotatable bonds is 14. The minimum absolute atomic E-state index is 0.424. The van der Waals surface area contributed by atoms with Gasteiger partial charge in [0.25, 0.3) is 0 Å². The average molecular weight is 375 g/mol. The number of hydrogen-bond acceptors (Lipinski definition) is 4. The molecule has 0 saturated carbocycles. The van der Waals surface area contributed by atoms with Crippen molar-refractivity contribution in [3.8, 4) is 0 Å². The largest absolute Gasteiger partial charge is 0.249 e. The van der Waals surface area contributed by atoms with E-state index in [-0.39, 0.29) is 0 Å². The van der Waals surface area contributed by atoms with E-state index in [2.05, 4.69) is 56.2 Å². The summed E-state index contributed by atoms with van der Waals surface area (Å²) in [6, 6.07) is 0.856. The summed E-state index contributed by atoms with van der Waals surface area (Å²) in [7, 11) is 0. The number of hydrogen-bond donors (Lipinski definition) is 0. The molecule has 6 heteroatoms. The fourth-order valence-corrected chi connectivity index (χ4v) is 3.78. The van der Waals surface area contributed by atoms with Gasteiger partial charge in [0.1, 0.15) is 0 Å². The van der Waals surface area contributed by atoms with E-state index in [4.69, 9.17) is 0 Å². The van der Waals surface area contributed by atoms with Gasteiger partial charge in [-0.2, -0.15) is 0 Å². The first kappa shape index (κ1) is 21.6. The first-order chi connectivity index (χ1) is 13.1. The molecular formula is C21H38N6. The molecular weight excluding hydrogens is 336 g/mol. The van der Waals surface area contributed by atoms with Crippen molar-refractivity contribution in [2.75, 3.05) is 0 Å². The topological polar surface area (TPSA) is 61.4 Å². The Balaban J connectivity index is 1.91. The molecule has 0 aliphatic rings. The van der Waals surface area contributed by atoms with Crippen molar-refractivity contribution < 1.29 is 0 Å². The Labute approximate surface area is 164 Å². The molecule has 2 rings (SSSR count). The van der Waals surface area contributed by atoms with Crippen molar-refractivity contribution in [3.63, 3.8) is 0 Å². The van der Waals surface area contributed by atoms with Gasteiger partial charge in [-0.15, -0.1) is 10.2 Å². The van der Waals surface area contributed by atoms with E-state index in [1.165, 1.54) is 44.9 Å². The first-order valence-corrected chi connectivity index (χ1v) is 10.9. The van der Waals surface area contributed by atoms with Crippen LogP contribution < -0.4 is 0 Å². The Morgan fingerprint density at radius 1 is 0.667 bits per heavy atom. The van der Waals surface area contributed by atoms with Crippen LogP contribution in [0.15, 0.2) is 12.4 Å². The van der Waals surface area contributed by atoms with Gasteiger partial charge >= 0.3 is 0 Å². The minimum atomic E-state index is 0.424. The molecule has 2 aromatic heterocycles. The maximum absolute atomic E-state index is 4.38. The highest BCUT2D eigenvalue weighted by molar-refractivity contribution is 4.90. The van der Waals surface area contributed by atoms with Crippen LogP contribution >= 0.6 is 0 Å². The molecule has 2 atom stereocenters. The number of nitrogens with zero attached hydrogens (tertiary/aromatic N) is 6. The van der Waals surface area contributed by atoms with E-state index in [1.54, 1.807) is 0 Å². The Morgan fingerprint density at radius 2 is 1.19 bits per heavy atom. The van der Waals surface area contributed by atoms with Crippen LogP contribution in [0.5, 0.6) is 0 Å². The van der Waals surface area contributed by atoms with Crippen molar-refractivity contribution in [2.24, 2.45) is 0 Å². The lowest BCUT2D eigenvalue weighted by molar-refractivity contribution is 0.309. The van der Waals surface area contributed by atoms with E-state index in [0.717, 1.165) is 37.1 Å². The van der Waals surface area contributed by atoms with E-state index in [0.29, 0.717) is 12.1 Å². The minimum Gasteiger partial charge on any atom is -0.249 e. The molecule has 152 valence electrons. The van der Waals surface area contributed by atoms with Crippen molar-refractivity contribution in [3.05, 3.63) is 23.8 Å². The van der Waals surface area contributed by atoms with Crippen molar-refractivity contribution >= 4 is 0 Å². The summed E-state index contributed by atoms with van der Waals surface area (Å²) < 4.78 is 4.16. The third-order valence-electron chi connectivity index (χ3n) is 5.34. The predicted molar refractivity (Wildman–Crippen MR) is 110 cm³/mol. The van der Waals surface area contributed by atoms with Gasteiger partial charge < -0.3 is 0 Å². The predicted octanol–water partition coefficient (Wildman–Crippen LogP) is 5.60. The first-order valence-electron chi connectivity index (χ1n) is 10.9. The second-order valence-electron chi connectivity index (χ2n) is 7.91. The summed E-state index contributed by atoms with van der Waals surface area (Å²) in [5, 5.41) is 17.1. The van der Waals surface area contributed by atoms with Gasteiger partial charge in [0, 0.05) is 12.4 Å². The lowest BCUT2D eigenvalue weighted by atomic mass is 9.98. The third kappa shape index (κ3) is 7.43. The Kier molecular flexibility index (Phi) is 9.50. The molecule has 2 aromatic rings. The fourth-order valence-electron chi connectivity index (χ4n) is 3.78. The molecule has 0 amide bonds. The smallest absolute Gasteiger partial charge is 0.0796 e. The maximum Gasteiger partial charge on any atom is 0.0796 e. The van der Waals surface area contributed by atoms with Crippen LogP contribution in [0.3, 0.4) is 0 Å². The molecule has 0 spiro atoms. The number of aromatic nitrogens is 6. The van der Waals surface area contributed by atoms with Crippen LogP contribution in [0.4, 0.5) is 0 Å². The fraction of sp³-hybridized carbons (Fsp3) is 0.810. The highest BCUT2D eigenvalue weighted by atomic mass is 15.4. The van der Waals surface area contributed by atoms with Crippen LogP contribution in [0.25, 0.3) is 0 Å². The van der Waals surface area contributed by atoms with E-state index in [1.807, 2.05) is 13.8 Å². The quantitative estimate of drug-likeness (QED) is 0.404. The lowest BCUT2D eigenvalue weighted by Gasteiger charge is -2.21. The summed E-state index contributed by atoms with van der Waals surface area (Å²) in [4.78, 5) is 0. The van der Waals surface area contributed by atoms with Crippen LogP contribution in [-0.2, 0) is 0 Å². The maximum atomic E-state index is 4.38. The molecule has 0 aromatic carbocycles. The van der Waals surface area contributed by atoms with E-state index >= 15 is 0 Å². The Morgan fingerprint density at radius 3 is 1.67 bits per heavy atom. The van der Waals surface area contributed by atoms with Crippen molar-refractivity contribution in [2.45, 2.75) is 110 Å². The second-order valence-corrected chi connectivity index (χ2v) is 7.91. The van der Waals surface area contributed by atoms with Crippen LogP contribution in [0, 0.1) is 13.8 Å². The van der Waals surface area contributed by atoms with E-state index < -0.39 is 0 Å².